The average molecular weight is 124 g/mol. The van der Waals surface area contributed by atoms with Gasteiger partial charge in [-0.3, -0.25) is 0 Å². The normalized spacial score (nSPS) is 9.11. The topological polar surface area (TPSA) is 27.0 Å². The van der Waals surface area contributed by atoms with Crippen molar-refractivity contribution in [2.24, 2.45) is 0 Å². The van der Waals surface area contributed by atoms with Crippen LogP contribution in [0.4, 0.5) is 0 Å². The van der Waals surface area contributed by atoms with Crippen LogP contribution in [0.15, 0.2) is 12.2 Å². The fraction of sp³-hybridized carbons (Fsp3) is 0.571. The van der Waals surface area contributed by atoms with E-state index in [0.29, 0.717) is 5.57 Å². The fourth-order valence-electron chi connectivity index (χ4n) is 0.414. The Labute approximate surface area is 56.4 Å². The first-order valence-corrected chi connectivity index (χ1v) is 2.89. The summed E-state index contributed by atoms with van der Waals surface area (Å²) < 4.78 is 0. The Bertz CT molecular complexity index is 130. The molecule has 0 aromatic carbocycles. The second kappa shape index (κ2) is 4.11. The van der Waals surface area contributed by atoms with Gasteiger partial charge in [0.25, 0.3) is 0 Å². The summed E-state index contributed by atoms with van der Waals surface area (Å²) in [5.41, 5.74) is 0.656. The van der Waals surface area contributed by atoms with E-state index in [-0.39, 0.29) is 0 Å². The van der Waals surface area contributed by atoms with Gasteiger partial charge in [0.15, 0.2) is 0 Å². The lowest BCUT2D eigenvalue weighted by Crippen LogP contribution is -2.12. The molecule has 0 N–H and O–H groups in total. The minimum Gasteiger partial charge on any atom is -0.309 e. The van der Waals surface area contributed by atoms with Crippen LogP contribution in [0.1, 0.15) is 6.42 Å². The fourth-order valence-corrected chi connectivity index (χ4v) is 0.414. The van der Waals surface area contributed by atoms with E-state index in [1.807, 2.05) is 25.1 Å². The molecule has 0 aromatic heterocycles. The zero-order valence-corrected chi connectivity index (χ0v) is 6.02. The molecule has 0 saturated heterocycles. The number of hydrogen-bond donors (Lipinski definition) is 0. The maximum Gasteiger partial charge on any atom is 0.0941 e. The molecule has 0 spiro atoms. The molecule has 0 aliphatic carbocycles. The Morgan fingerprint density at radius 1 is 1.67 bits per heavy atom. The molecule has 0 aliphatic heterocycles. The van der Waals surface area contributed by atoms with E-state index in [2.05, 4.69) is 6.58 Å². The Balaban J connectivity index is 3.31. The van der Waals surface area contributed by atoms with Gasteiger partial charge >= 0.3 is 0 Å². The second-order valence-electron chi connectivity index (χ2n) is 2.27. The Morgan fingerprint density at radius 3 is 2.56 bits per heavy atom. The summed E-state index contributed by atoms with van der Waals surface area (Å²) in [6.07, 6.45) is 0.781. The summed E-state index contributed by atoms with van der Waals surface area (Å²) in [4.78, 5) is 2.03. The van der Waals surface area contributed by atoms with Crippen LogP contribution in [0.5, 0.6) is 0 Å². The van der Waals surface area contributed by atoms with E-state index in [1.54, 1.807) is 0 Å². The van der Waals surface area contributed by atoms with Crippen molar-refractivity contribution in [1.82, 2.24) is 4.90 Å². The van der Waals surface area contributed by atoms with Crippen molar-refractivity contribution in [2.45, 2.75) is 6.42 Å². The van der Waals surface area contributed by atoms with Gasteiger partial charge in [0, 0.05) is 12.1 Å². The molecule has 0 heterocycles. The minimum absolute atomic E-state index is 0.656. The minimum atomic E-state index is 0.656. The summed E-state index contributed by atoms with van der Waals surface area (Å²) in [5.74, 6) is 0. The first kappa shape index (κ1) is 8.19. The molecule has 0 rings (SSSR count). The molecule has 0 unspecified atom stereocenters. The molecular formula is C7H12N2. The number of hydrogen-bond acceptors (Lipinski definition) is 2. The van der Waals surface area contributed by atoms with E-state index in [1.165, 1.54) is 0 Å². The number of nitrogens with zero attached hydrogens (tertiary/aromatic N) is 2. The zero-order valence-electron chi connectivity index (χ0n) is 6.02. The summed E-state index contributed by atoms with van der Waals surface area (Å²) in [5, 5.41) is 8.28. The lowest BCUT2D eigenvalue weighted by atomic mass is 10.2. The van der Waals surface area contributed by atoms with Gasteiger partial charge in [0.2, 0.25) is 0 Å². The van der Waals surface area contributed by atoms with Crippen LogP contribution >= 0.6 is 0 Å². The lowest BCUT2D eigenvalue weighted by Gasteiger charge is -2.06. The number of nitriles is 1. The molecule has 0 aliphatic rings. The zero-order chi connectivity index (χ0) is 7.28. The quantitative estimate of drug-likeness (QED) is 0.525. The van der Waals surface area contributed by atoms with Crippen LogP contribution in [0, 0.1) is 11.3 Å². The van der Waals surface area contributed by atoms with Crippen molar-refractivity contribution in [3.8, 4) is 6.07 Å². The molecule has 0 radical (unpaired) electrons. The van der Waals surface area contributed by atoms with Crippen molar-refractivity contribution in [3.05, 3.63) is 12.2 Å². The highest BCUT2D eigenvalue weighted by Crippen LogP contribution is 1.94. The van der Waals surface area contributed by atoms with Crippen molar-refractivity contribution in [2.75, 3.05) is 20.6 Å². The van der Waals surface area contributed by atoms with Gasteiger partial charge in [0.05, 0.1) is 6.07 Å². The molecule has 2 nitrogen and oxygen atoms in total. The van der Waals surface area contributed by atoms with Crippen LogP contribution in [-0.4, -0.2) is 25.5 Å². The Hall–Kier alpha value is -0.810. The van der Waals surface area contributed by atoms with Gasteiger partial charge in [-0.1, -0.05) is 6.58 Å². The van der Waals surface area contributed by atoms with Crippen molar-refractivity contribution in [1.29, 1.82) is 5.26 Å². The van der Waals surface area contributed by atoms with E-state index in [4.69, 9.17) is 5.26 Å². The third-order valence-corrected chi connectivity index (χ3v) is 1.02. The molecule has 0 fully saturated rings. The molecule has 0 saturated carbocycles. The molecule has 0 amide bonds. The van der Waals surface area contributed by atoms with Crippen molar-refractivity contribution in [3.63, 3.8) is 0 Å². The maximum absolute atomic E-state index is 8.28. The lowest BCUT2D eigenvalue weighted by molar-refractivity contribution is 0.415. The van der Waals surface area contributed by atoms with Crippen molar-refractivity contribution < 1.29 is 0 Å². The second-order valence-corrected chi connectivity index (χ2v) is 2.27. The Kier molecular flexibility index (Phi) is 3.74. The van der Waals surface area contributed by atoms with Gasteiger partial charge in [0.1, 0.15) is 0 Å². The van der Waals surface area contributed by atoms with Gasteiger partial charge < -0.3 is 4.90 Å². The van der Waals surface area contributed by atoms with E-state index < -0.39 is 0 Å². The largest absolute Gasteiger partial charge is 0.309 e. The highest BCUT2D eigenvalue weighted by molar-refractivity contribution is 5.15. The molecule has 0 atom stereocenters. The summed E-state index contributed by atoms with van der Waals surface area (Å²) >= 11 is 0. The summed E-state index contributed by atoms with van der Waals surface area (Å²) in [6, 6.07) is 2.00. The third-order valence-electron chi connectivity index (χ3n) is 1.02. The first-order valence-electron chi connectivity index (χ1n) is 2.89. The smallest absolute Gasteiger partial charge is 0.0941 e. The van der Waals surface area contributed by atoms with Gasteiger partial charge in [-0.15, -0.1) is 0 Å². The van der Waals surface area contributed by atoms with E-state index in [9.17, 15) is 0 Å². The number of rotatable bonds is 3. The van der Waals surface area contributed by atoms with Crippen LogP contribution < -0.4 is 0 Å². The summed E-state index contributed by atoms with van der Waals surface area (Å²) in [7, 11) is 3.95. The summed E-state index contributed by atoms with van der Waals surface area (Å²) in [6.45, 7) is 4.47. The third kappa shape index (κ3) is 5.05. The molecule has 0 aromatic rings. The van der Waals surface area contributed by atoms with E-state index in [0.717, 1.165) is 13.0 Å². The van der Waals surface area contributed by atoms with E-state index >= 15 is 0 Å². The maximum atomic E-state index is 8.28. The van der Waals surface area contributed by atoms with Crippen LogP contribution in [0.3, 0.4) is 0 Å². The molecule has 2 heteroatoms. The monoisotopic (exact) mass is 124 g/mol. The van der Waals surface area contributed by atoms with Gasteiger partial charge in [-0.2, -0.15) is 5.26 Å². The van der Waals surface area contributed by atoms with Crippen LogP contribution in [-0.2, 0) is 0 Å². The predicted octanol–water partition coefficient (Wildman–Crippen LogP) is 1.02. The molecule has 50 valence electrons. The predicted molar refractivity (Wildman–Crippen MR) is 37.9 cm³/mol. The van der Waals surface area contributed by atoms with Crippen LogP contribution in [0.25, 0.3) is 0 Å². The van der Waals surface area contributed by atoms with Gasteiger partial charge in [-0.25, -0.2) is 0 Å². The SMILES string of the molecule is C=C(C#N)CCN(C)C. The highest BCUT2D eigenvalue weighted by atomic mass is 15.0. The molecule has 0 bridgehead atoms. The standard InChI is InChI=1S/C7H12N2/c1-7(6-8)4-5-9(2)3/h1,4-5H2,2-3H3. The average Bonchev–Trinajstić information content (AvgIpc) is 1.83. The Morgan fingerprint density at radius 2 is 2.22 bits per heavy atom. The van der Waals surface area contributed by atoms with Gasteiger partial charge in [-0.05, 0) is 20.5 Å². The van der Waals surface area contributed by atoms with Crippen LogP contribution in [0.2, 0.25) is 0 Å². The molecular weight excluding hydrogens is 112 g/mol. The first-order chi connectivity index (χ1) is 4.16. The highest BCUT2D eigenvalue weighted by Gasteiger charge is 1.91. The van der Waals surface area contributed by atoms with Crippen molar-refractivity contribution >= 4 is 0 Å². The molecule has 9 heavy (non-hydrogen) atoms.